The maximum atomic E-state index is 12.5. The van der Waals surface area contributed by atoms with Gasteiger partial charge in [0.2, 0.25) is 0 Å². The van der Waals surface area contributed by atoms with Crippen molar-refractivity contribution in [3.63, 3.8) is 0 Å². The first-order valence-electron chi connectivity index (χ1n) is 6.15. The van der Waals surface area contributed by atoms with Crippen molar-refractivity contribution in [2.24, 2.45) is 5.92 Å². The number of hydrogen-bond donors (Lipinski definition) is 1. The first-order chi connectivity index (χ1) is 8.45. The molecule has 1 aromatic heterocycles. The molecule has 0 saturated carbocycles. The number of piperidine rings is 1. The molecule has 0 radical (unpaired) electrons. The number of thiophene rings is 1. The van der Waals surface area contributed by atoms with Crippen molar-refractivity contribution in [2.45, 2.75) is 37.5 Å². The van der Waals surface area contributed by atoms with Crippen LogP contribution in [0.4, 0.5) is 0 Å². The van der Waals surface area contributed by atoms with Gasteiger partial charge in [0.1, 0.15) is 4.21 Å². The van der Waals surface area contributed by atoms with Crippen molar-refractivity contribution in [1.29, 1.82) is 0 Å². The molecule has 1 fully saturated rings. The molecule has 1 N–H and O–H groups in total. The van der Waals surface area contributed by atoms with Gasteiger partial charge >= 0.3 is 0 Å². The Morgan fingerprint density at radius 2 is 2.28 bits per heavy atom. The fourth-order valence-electron chi connectivity index (χ4n) is 2.26. The zero-order valence-corrected chi connectivity index (χ0v) is 12.4. The van der Waals surface area contributed by atoms with Gasteiger partial charge in [-0.25, -0.2) is 8.42 Å². The Morgan fingerprint density at radius 1 is 1.56 bits per heavy atom. The van der Waals surface area contributed by atoms with Crippen LogP contribution in [-0.2, 0) is 16.6 Å². The van der Waals surface area contributed by atoms with Gasteiger partial charge in [0.05, 0.1) is 6.61 Å². The molecule has 1 saturated heterocycles. The van der Waals surface area contributed by atoms with Crippen LogP contribution in [0.1, 0.15) is 30.2 Å². The molecule has 0 bridgehead atoms. The lowest BCUT2D eigenvalue weighted by molar-refractivity contribution is 0.281. The van der Waals surface area contributed by atoms with Gasteiger partial charge in [-0.1, -0.05) is 6.92 Å². The van der Waals surface area contributed by atoms with Crippen molar-refractivity contribution in [2.75, 3.05) is 13.1 Å². The molecule has 1 aliphatic heterocycles. The zero-order valence-electron chi connectivity index (χ0n) is 10.7. The van der Waals surface area contributed by atoms with Gasteiger partial charge in [-0.15, -0.1) is 11.3 Å². The highest BCUT2D eigenvalue weighted by Crippen LogP contribution is 2.30. The summed E-state index contributed by atoms with van der Waals surface area (Å²) in [5.41, 5.74) is 0.853. The summed E-state index contributed by atoms with van der Waals surface area (Å²) >= 11 is 1.18. The van der Waals surface area contributed by atoms with Gasteiger partial charge in [0, 0.05) is 18.0 Å². The van der Waals surface area contributed by atoms with Crippen LogP contribution in [0.5, 0.6) is 0 Å². The van der Waals surface area contributed by atoms with E-state index in [2.05, 4.69) is 6.92 Å². The largest absolute Gasteiger partial charge is 0.391 e. The van der Waals surface area contributed by atoms with Crippen LogP contribution in [-0.4, -0.2) is 30.9 Å². The molecule has 18 heavy (non-hydrogen) atoms. The second-order valence-corrected chi connectivity index (χ2v) is 8.24. The molecule has 2 rings (SSSR count). The number of nitrogens with zero attached hydrogens (tertiary/aromatic N) is 1. The monoisotopic (exact) mass is 289 g/mol. The second kappa shape index (κ2) is 5.28. The van der Waals surface area contributed by atoms with Crippen LogP contribution in [0.2, 0.25) is 0 Å². The highest BCUT2D eigenvalue weighted by atomic mass is 32.2. The molecule has 0 aromatic carbocycles. The van der Waals surface area contributed by atoms with Gasteiger partial charge in [-0.05, 0) is 37.3 Å². The first-order valence-corrected chi connectivity index (χ1v) is 8.41. The Bertz CT molecular complexity index is 521. The molecular formula is C12H19NO3S2. The summed E-state index contributed by atoms with van der Waals surface area (Å²) in [6.07, 6.45) is 2.02. The minimum Gasteiger partial charge on any atom is -0.391 e. The summed E-state index contributed by atoms with van der Waals surface area (Å²) in [7, 11) is -3.37. The molecular weight excluding hydrogens is 270 g/mol. The predicted molar refractivity (Wildman–Crippen MR) is 72.1 cm³/mol. The molecule has 0 aliphatic carbocycles. The highest BCUT2D eigenvalue weighted by Gasteiger charge is 2.30. The normalized spacial score (nSPS) is 22.3. The van der Waals surface area contributed by atoms with Crippen molar-refractivity contribution in [3.05, 3.63) is 16.5 Å². The van der Waals surface area contributed by atoms with Crippen molar-refractivity contribution >= 4 is 21.4 Å². The predicted octanol–water partition coefficient (Wildman–Crippen LogP) is 1.97. The van der Waals surface area contributed by atoms with Crippen molar-refractivity contribution in [1.82, 2.24) is 4.31 Å². The molecule has 1 aromatic rings. The lowest BCUT2D eigenvalue weighted by Crippen LogP contribution is -2.38. The quantitative estimate of drug-likeness (QED) is 0.925. The third kappa shape index (κ3) is 2.61. The number of aryl methyl sites for hydroxylation is 1. The van der Waals surface area contributed by atoms with E-state index in [1.807, 2.05) is 6.92 Å². The van der Waals surface area contributed by atoms with Gasteiger partial charge in [0.25, 0.3) is 10.0 Å². The maximum absolute atomic E-state index is 12.5. The minimum atomic E-state index is -3.37. The topological polar surface area (TPSA) is 57.6 Å². The summed E-state index contributed by atoms with van der Waals surface area (Å²) in [6.45, 7) is 5.04. The fraction of sp³-hybridized carbons (Fsp3) is 0.667. The van der Waals surface area contributed by atoms with E-state index in [1.54, 1.807) is 10.4 Å². The Labute approximate surface area is 112 Å². The number of sulfonamides is 1. The molecule has 6 heteroatoms. The molecule has 4 nitrogen and oxygen atoms in total. The number of aliphatic hydroxyl groups excluding tert-OH is 1. The van der Waals surface area contributed by atoms with Crippen LogP contribution in [0, 0.1) is 12.8 Å². The summed E-state index contributed by atoms with van der Waals surface area (Å²) in [5, 5.41) is 9.15. The standard InChI is InChI=1S/C12H19NO3S2/c1-9-4-3-5-13(7-9)18(15,16)12-6-10(2)11(8-14)17-12/h6,9,14H,3-5,7-8H2,1-2H3. The lowest BCUT2D eigenvalue weighted by atomic mass is 10.0. The van der Waals surface area contributed by atoms with E-state index in [1.165, 1.54) is 11.3 Å². The Morgan fingerprint density at radius 3 is 2.83 bits per heavy atom. The summed E-state index contributed by atoms with van der Waals surface area (Å²) in [4.78, 5) is 0.735. The zero-order chi connectivity index (χ0) is 13.3. The Hall–Kier alpha value is -0.430. The summed E-state index contributed by atoms with van der Waals surface area (Å²) in [5.74, 6) is 0.423. The molecule has 1 unspecified atom stereocenters. The van der Waals surface area contributed by atoms with Crippen LogP contribution >= 0.6 is 11.3 Å². The smallest absolute Gasteiger partial charge is 0.252 e. The molecule has 1 aliphatic rings. The van der Waals surface area contributed by atoms with Crippen LogP contribution < -0.4 is 0 Å². The van der Waals surface area contributed by atoms with Crippen molar-refractivity contribution in [3.8, 4) is 0 Å². The third-order valence-electron chi connectivity index (χ3n) is 3.36. The van der Waals surface area contributed by atoms with E-state index >= 15 is 0 Å². The SMILES string of the molecule is Cc1cc(S(=O)(=O)N2CCCC(C)C2)sc1CO. The summed E-state index contributed by atoms with van der Waals surface area (Å²) < 4.78 is 26.9. The van der Waals surface area contributed by atoms with Crippen LogP contribution in [0.25, 0.3) is 0 Å². The lowest BCUT2D eigenvalue weighted by Gasteiger charge is -2.29. The minimum absolute atomic E-state index is 0.0948. The molecule has 1 atom stereocenters. The second-order valence-electron chi connectivity index (χ2n) is 4.94. The Balaban J connectivity index is 2.29. The van der Waals surface area contributed by atoms with E-state index in [0.29, 0.717) is 23.2 Å². The molecule has 0 spiro atoms. The average molecular weight is 289 g/mol. The molecule has 0 amide bonds. The Kier molecular flexibility index (Phi) is 4.11. The van der Waals surface area contributed by atoms with Crippen LogP contribution in [0.15, 0.2) is 10.3 Å². The van der Waals surface area contributed by atoms with Gasteiger partial charge in [0.15, 0.2) is 0 Å². The van der Waals surface area contributed by atoms with E-state index < -0.39 is 10.0 Å². The fourth-order valence-corrected chi connectivity index (χ4v) is 5.47. The molecule has 2 heterocycles. The van der Waals surface area contributed by atoms with E-state index in [4.69, 9.17) is 5.11 Å². The average Bonchev–Trinajstić information content (AvgIpc) is 2.71. The molecule has 102 valence electrons. The van der Waals surface area contributed by atoms with Gasteiger partial charge in [-0.3, -0.25) is 0 Å². The number of hydrogen-bond acceptors (Lipinski definition) is 4. The van der Waals surface area contributed by atoms with E-state index in [9.17, 15) is 8.42 Å². The summed E-state index contributed by atoms with van der Waals surface area (Å²) in [6, 6.07) is 1.67. The third-order valence-corrected chi connectivity index (χ3v) is 6.89. The van der Waals surface area contributed by atoms with Crippen molar-refractivity contribution < 1.29 is 13.5 Å². The van der Waals surface area contributed by atoms with E-state index in [0.717, 1.165) is 23.3 Å². The highest BCUT2D eigenvalue weighted by molar-refractivity contribution is 7.91. The van der Waals surface area contributed by atoms with E-state index in [-0.39, 0.29) is 6.61 Å². The van der Waals surface area contributed by atoms with Gasteiger partial charge < -0.3 is 5.11 Å². The first kappa shape index (κ1) is 14.0. The maximum Gasteiger partial charge on any atom is 0.252 e. The number of rotatable bonds is 3. The van der Waals surface area contributed by atoms with Gasteiger partial charge in [-0.2, -0.15) is 4.31 Å². The van der Waals surface area contributed by atoms with Crippen LogP contribution in [0.3, 0.4) is 0 Å². The number of aliphatic hydroxyl groups is 1.